The van der Waals surface area contributed by atoms with Crippen molar-refractivity contribution < 1.29 is 18.7 Å². The highest BCUT2D eigenvalue weighted by atomic mass is 32.1. The summed E-state index contributed by atoms with van der Waals surface area (Å²) in [4.78, 5) is 27.9. The Kier molecular flexibility index (Phi) is 4.31. The van der Waals surface area contributed by atoms with Crippen molar-refractivity contribution in [3.05, 3.63) is 47.4 Å². The van der Waals surface area contributed by atoms with Crippen LogP contribution in [0.15, 0.2) is 35.5 Å². The molecule has 0 fully saturated rings. The lowest BCUT2D eigenvalue weighted by molar-refractivity contribution is 0.0554. The summed E-state index contributed by atoms with van der Waals surface area (Å²) in [5.41, 5.74) is 0.499. The van der Waals surface area contributed by atoms with E-state index in [0.29, 0.717) is 15.7 Å². The van der Waals surface area contributed by atoms with Gasteiger partial charge in [-0.1, -0.05) is 24.0 Å². The second kappa shape index (κ2) is 6.16. The number of ether oxygens (including phenoxy) is 1. The lowest BCUT2D eigenvalue weighted by atomic mass is 10.4. The van der Waals surface area contributed by atoms with Crippen LogP contribution in [0, 0.1) is 6.92 Å². The smallest absolute Gasteiger partial charge is 0.350 e. The maximum atomic E-state index is 11.8. The third-order valence-electron chi connectivity index (χ3n) is 2.28. The van der Waals surface area contributed by atoms with Crippen molar-refractivity contribution >= 4 is 28.3 Å². The highest BCUT2D eigenvalue weighted by molar-refractivity contribution is 7.17. The minimum absolute atomic E-state index is 0.129. The van der Waals surface area contributed by atoms with E-state index in [1.165, 1.54) is 18.4 Å². The van der Waals surface area contributed by atoms with Gasteiger partial charge < -0.3 is 9.15 Å². The Labute approximate surface area is 119 Å². The number of anilines is 1. The molecule has 2 aromatic heterocycles. The molecule has 0 radical (unpaired) electrons. The number of esters is 1. The van der Waals surface area contributed by atoms with Crippen molar-refractivity contribution in [3.63, 3.8) is 0 Å². The molecule has 104 valence electrons. The molecular formula is C13H12N2O4S. The van der Waals surface area contributed by atoms with Crippen molar-refractivity contribution in [1.29, 1.82) is 0 Å². The first-order chi connectivity index (χ1) is 9.61. The summed E-state index contributed by atoms with van der Waals surface area (Å²) >= 11 is 1.05. The molecule has 1 N–H and O–H groups in total. The minimum atomic E-state index is -0.488. The number of carbonyl (C=O) groups is 2. The van der Waals surface area contributed by atoms with Gasteiger partial charge in [0.25, 0.3) is 5.91 Å². The Morgan fingerprint density at radius 3 is 3.05 bits per heavy atom. The lowest BCUT2D eigenvalue weighted by Crippen LogP contribution is -2.10. The topological polar surface area (TPSA) is 81.4 Å². The number of aromatic nitrogens is 1. The summed E-state index contributed by atoms with van der Waals surface area (Å²) < 4.78 is 9.90. The SMILES string of the molecule is C=CCOC(=O)c1sc(NC(=O)c2ccco2)nc1C. The molecule has 0 aliphatic heterocycles. The fourth-order valence-electron chi connectivity index (χ4n) is 1.41. The normalized spacial score (nSPS) is 10.1. The maximum Gasteiger partial charge on any atom is 0.350 e. The zero-order valence-electron chi connectivity index (χ0n) is 10.7. The molecule has 0 saturated heterocycles. The van der Waals surface area contributed by atoms with Gasteiger partial charge in [-0.15, -0.1) is 0 Å². The van der Waals surface area contributed by atoms with Crippen LogP contribution in [0.3, 0.4) is 0 Å². The number of aryl methyl sites for hydroxylation is 1. The van der Waals surface area contributed by atoms with Crippen LogP contribution in [0.5, 0.6) is 0 Å². The maximum absolute atomic E-state index is 11.8. The molecule has 0 spiro atoms. The molecule has 2 heterocycles. The monoisotopic (exact) mass is 292 g/mol. The Hall–Kier alpha value is -2.41. The zero-order chi connectivity index (χ0) is 14.5. The average Bonchev–Trinajstić information content (AvgIpc) is 3.05. The van der Waals surface area contributed by atoms with Crippen LogP contribution in [0.4, 0.5) is 5.13 Å². The molecule has 0 aliphatic rings. The van der Waals surface area contributed by atoms with E-state index in [0.717, 1.165) is 11.3 Å². The zero-order valence-corrected chi connectivity index (χ0v) is 11.5. The molecule has 2 aromatic rings. The number of amides is 1. The van der Waals surface area contributed by atoms with Crippen LogP contribution in [-0.4, -0.2) is 23.5 Å². The molecule has 1 amide bonds. The standard InChI is InChI=1S/C13H12N2O4S/c1-3-6-19-12(17)10-8(2)14-13(20-10)15-11(16)9-5-4-7-18-9/h3-5,7H,1,6H2,2H3,(H,14,15,16). The van der Waals surface area contributed by atoms with E-state index in [4.69, 9.17) is 9.15 Å². The molecule has 0 atom stereocenters. The van der Waals surface area contributed by atoms with Gasteiger partial charge in [0.05, 0.1) is 12.0 Å². The van der Waals surface area contributed by atoms with Crippen LogP contribution >= 0.6 is 11.3 Å². The van der Waals surface area contributed by atoms with E-state index in [1.54, 1.807) is 13.0 Å². The van der Waals surface area contributed by atoms with Gasteiger partial charge in [-0.3, -0.25) is 10.1 Å². The molecule has 7 heteroatoms. The summed E-state index contributed by atoms with van der Waals surface area (Å²) in [6.45, 7) is 5.26. The molecule has 0 saturated carbocycles. The number of hydrogen-bond acceptors (Lipinski definition) is 6. The number of carbonyl (C=O) groups excluding carboxylic acids is 2. The fraction of sp³-hybridized carbons (Fsp3) is 0.154. The van der Waals surface area contributed by atoms with Crippen LogP contribution in [0.2, 0.25) is 0 Å². The van der Waals surface area contributed by atoms with E-state index >= 15 is 0 Å². The predicted molar refractivity (Wildman–Crippen MR) is 74.0 cm³/mol. The second-order valence-electron chi connectivity index (χ2n) is 3.75. The first-order valence-electron chi connectivity index (χ1n) is 5.72. The molecular weight excluding hydrogens is 280 g/mol. The van der Waals surface area contributed by atoms with Crippen molar-refractivity contribution in [1.82, 2.24) is 4.98 Å². The Bertz CT molecular complexity index is 631. The number of furan rings is 1. The Balaban J connectivity index is 2.09. The average molecular weight is 292 g/mol. The Morgan fingerprint density at radius 2 is 2.40 bits per heavy atom. The number of rotatable bonds is 5. The molecule has 20 heavy (non-hydrogen) atoms. The highest BCUT2D eigenvalue weighted by Gasteiger charge is 2.18. The number of nitrogens with one attached hydrogen (secondary N) is 1. The van der Waals surface area contributed by atoms with Crippen LogP contribution in [0.1, 0.15) is 25.9 Å². The van der Waals surface area contributed by atoms with Gasteiger partial charge in [0.2, 0.25) is 0 Å². The van der Waals surface area contributed by atoms with Gasteiger partial charge in [-0.05, 0) is 19.1 Å². The molecule has 6 nitrogen and oxygen atoms in total. The summed E-state index contributed by atoms with van der Waals surface area (Å²) in [6, 6.07) is 3.15. The predicted octanol–water partition coefficient (Wildman–Crippen LogP) is 2.64. The van der Waals surface area contributed by atoms with Gasteiger partial charge in [0, 0.05) is 0 Å². The first kappa shape index (κ1) is 14.0. The molecule has 0 aromatic carbocycles. The van der Waals surface area contributed by atoms with Crippen molar-refractivity contribution in [2.75, 3.05) is 11.9 Å². The van der Waals surface area contributed by atoms with Crippen molar-refractivity contribution in [2.24, 2.45) is 0 Å². The quantitative estimate of drug-likeness (QED) is 0.676. The van der Waals surface area contributed by atoms with Crippen LogP contribution < -0.4 is 5.32 Å². The summed E-state index contributed by atoms with van der Waals surface area (Å²) in [6.07, 6.45) is 2.88. The van der Waals surface area contributed by atoms with Gasteiger partial charge >= 0.3 is 5.97 Å². The molecule has 0 bridgehead atoms. The van der Waals surface area contributed by atoms with Crippen molar-refractivity contribution in [3.8, 4) is 0 Å². The van der Waals surface area contributed by atoms with E-state index in [2.05, 4.69) is 16.9 Å². The minimum Gasteiger partial charge on any atom is -0.459 e. The third-order valence-corrected chi connectivity index (χ3v) is 3.33. The third kappa shape index (κ3) is 3.12. The highest BCUT2D eigenvalue weighted by Crippen LogP contribution is 2.23. The van der Waals surface area contributed by atoms with Crippen LogP contribution in [0.25, 0.3) is 0 Å². The lowest BCUT2D eigenvalue weighted by Gasteiger charge is -1.98. The van der Waals surface area contributed by atoms with Gasteiger partial charge in [0.1, 0.15) is 11.5 Å². The molecule has 0 aliphatic carbocycles. The van der Waals surface area contributed by atoms with E-state index in [-0.39, 0.29) is 12.4 Å². The number of nitrogens with zero attached hydrogens (tertiary/aromatic N) is 1. The number of hydrogen-bond donors (Lipinski definition) is 1. The van der Waals surface area contributed by atoms with Gasteiger partial charge in [0.15, 0.2) is 10.9 Å². The number of thiazole rings is 1. The summed E-state index contributed by atoms with van der Waals surface area (Å²) in [7, 11) is 0. The van der Waals surface area contributed by atoms with Crippen LogP contribution in [-0.2, 0) is 4.74 Å². The van der Waals surface area contributed by atoms with Gasteiger partial charge in [-0.25, -0.2) is 9.78 Å². The van der Waals surface area contributed by atoms with Gasteiger partial charge in [-0.2, -0.15) is 0 Å². The summed E-state index contributed by atoms with van der Waals surface area (Å²) in [5.74, 6) is -0.734. The fourth-order valence-corrected chi connectivity index (χ4v) is 2.26. The van der Waals surface area contributed by atoms with E-state index in [9.17, 15) is 9.59 Å². The summed E-state index contributed by atoms with van der Waals surface area (Å²) in [5, 5.41) is 2.88. The Morgan fingerprint density at radius 1 is 1.60 bits per heavy atom. The largest absolute Gasteiger partial charge is 0.459 e. The van der Waals surface area contributed by atoms with E-state index < -0.39 is 11.9 Å². The van der Waals surface area contributed by atoms with E-state index in [1.807, 2.05) is 0 Å². The molecule has 0 unspecified atom stereocenters. The van der Waals surface area contributed by atoms with Crippen molar-refractivity contribution in [2.45, 2.75) is 6.92 Å². The second-order valence-corrected chi connectivity index (χ2v) is 4.75. The molecule has 2 rings (SSSR count). The first-order valence-corrected chi connectivity index (χ1v) is 6.53.